The summed E-state index contributed by atoms with van der Waals surface area (Å²) in [5.74, 6) is 0. The first kappa shape index (κ1) is 22.4. The molecule has 0 fully saturated rings. The summed E-state index contributed by atoms with van der Waals surface area (Å²) in [5, 5.41) is 0. The normalized spacial score (nSPS) is 7.38. The second-order valence-corrected chi connectivity index (χ2v) is 4.92. The van der Waals surface area contributed by atoms with Gasteiger partial charge in [-0.05, 0) is 0 Å². The predicted octanol–water partition coefficient (Wildman–Crippen LogP) is -10.5. The third-order valence-corrected chi connectivity index (χ3v) is 0. The van der Waals surface area contributed by atoms with Crippen LogP contribution in [0.1, 0.15) is 0 Å². The Balaban J connectivity index is -0.0000000267. The van der Waals surface area contributed by atoms with E-state index in [-0.39, 0.29) is 56.6 Å². The molecule has 0 unspecified atom stereocenters. The minimum atomic E-state index is -3.72. The molecule has 0 aromatic rings. The van der Waals surface area contributed by atoms with Crippen molar-refractivity contribution in [1.29, 1.82) is 0 Å². The number of hydrogen-bond donors (Lipinski definition) is 0. The molecule has 0 N–H and O–H groups in total. The van der Waals surface area contributed by atoms with Crippen LogP contribution in [0.5, 0.6) is 0 Å². The molecule has 0 spiro atoms. The van der Waals surface area contributed by atoms with Crippen molar-refractivity contribution in [1.82, 2.24) is 0 Å². The molecule has 0 aromatic heterocycles. The van der Waals surface area contributed by atoms with Gasteiger partial charge in [0.1, 0.15) is 0 Å². The van der Waals surface area contributed by atoms with E-state index in [2.05, 4.69) is 24.1 Å². The van der Waals surface area contributed by atoms with Gasteiger partial charge in [-0.3, -0.25) is 0 Å². The maximum atomic E-state index is 9.29. The molecule has 0 atom stereocenters. The van der Waals surface area contributed by atoms with Crippen LogP contribution in [0.4, 0.5) is 0 Å². The van der Waals surface area contributed by atoms with Crippen molar-refractivity contribution >= 4 is 29.7 Å². The zero-order chi connectivity index (χ0) is 4.50. The van der Waals surface area contributed by atoms with Crippen LogP contribution in [0.15, 0.2) is 0 Å². The zero-order valence-electron chi connectivity index (χ0n) is 5.08. The van der Waals surface area contributed by atoms with Crippen molar-refractivity contribution in [3.05, 3.63) is 0 Å². The van der Waals surface area contributed by atoms with Gasteiger partial charge in [0.05, 0.1) is 0 Å². The second-order valence-electron chi connectivity index (χ2n) is 0.447. The molecule has 0 heterocycles. The van der Waals surface area contributed by atoms with E-state index >= 15 is 0 Å². The van der Waals surface area contributed by atoms with Crippen LogP contribution < -0.4 is 66.4 Å². The minimum Gasteiger partial charge on any atom is -0.850 e. The van der Waals surface area contributed by atoms with E-state index in [9.17, 15) is 9.79 Å². The number of hydrogen-bond acceptors (Lipinski definition) is 4. The predicted molar refractivity (Wildman–Crippen MR) is 21.6 cm³/mol. The molecule has 0 saturated heterocycles. The van der Waals surface area contributed by atoms with Crippen molar-refractivity contribution < 1.29 is 66.4 Å². The van der Waals surface area contributed by atoms with E-state index in [0.717, 1.165) is 0 Å². The summed E-state index contributed by atoms with van der Waals surface area (Å²) in [6, 6.07) is 0. The fourth-order valence-corrected chi connectivity index (χ4v) is 0. The number of rotatable bonds is 0. The van der Waals surface area contributed by atoms with Crippen molar-refractivity contribution in [2.45, 2.75) is 0 Å². The Kier molecular flexibility index (Phi) is 27.2. The molecular formula is Li3O2PS2. The van der Waals surface area contributed by atoms with Gasteiger partial charge in [0.25, 0.3) is 0 Å². The molecular weight excluding hydrogens is 148 g/mol. The summed E-state index contributed by atoms with van der Waals surface area (Å²) in [6.07, 6.45) is 0. The van der Waals surface area contributed by atoms with Crippen LogP contribution in [0, 0.1) is 0 Å². The summed E-state index contributed by atoms with van der Waals surface area (Å²) in [7, 11) is 0. The molecule has 2 nitrogen and oxygen atoms in total. The first-order valence-electron chi connectivity index (χ1n) is 0.730. The van der Waals surface area contributed by atoms with E-state index in [0.29, 0.717) is 0 Å². The van der Waals surface area contributed by atoms with Gasteiger partial charge in [-0.2, -0.15) is 11.8 Å². The van der Waals surface area contributed by atoms with Crippen molar-refractivity contribution in [3.63, 3.8) is 0 Å². The Morgan fingerprint density at radius 3 is 1.12 bits per heavy atom. The molecule has 0 saturated carbocycles. The van der Waals surface area contributed by atoms with Crippen LogP contribution in [0.3, 0.4) is 0 Å². The van der Waals surface area contributed by atoms with Gasteiger partial charge in [-0.1, -0.05) is 0 Å². The topological polar surface area (TPSA) is 46.1 Å². The Labute approximate surface area is 95.1 Å². The van der Waals surface area contributed by atoms with Crippen molar-refractivity contribution in [2.75, 3.05) is 0 Å². The summed E-state index contributed by atoms with van der Waals surface area (Å²) < 4.78 is 0. The smallest absolute Gasteiger partial charge is 0.850 e. The Morgan fingerprint density at radius 1 is 1.12 bits per heavy atom. The molecule has 0 bridgehead atoms. The molecule has 32 valence electrons. The molecule has 0 aliphatic carbocycles. The standard InChI is InChI=1S/3Li.H3O2PS2/c;;;1-3(2,4)5/h;;;(H3,1,2,4,5)/q3*+1;/p-3. The van der Waals surface area contributed by atoms with Crippen LogP contribution in [-0.2, 0) is 24.1 Å². The fraction of sp³-hybridized carbons (Fsp3) is 0. The molecule has 8 heavy (non-hydrogen) atoms. The van der Waals surface area contributed by atoms with E-state index in [4.69, 9.17) is 0 Å². The zero-order valence-corrected chi connectivity index (χ0v) is 7.61. The van der Waals surface area contributed by atoms with Crippen LogP contribution in [0.25, 0.3) is 0 Å². The van der Waals surface area contributed by atoms with Crippen molar-refractivity contribution in [2.24, 2.45) is 0 Å². The third-order valence-electron chi connectivity index (χ3n) is 0. The van der Waals surface area contributed by atoms with Gasteiger partial charge < -0.3 is 27.7 Å². The summed E-state index contributed by atoms with van der Waals surface area (Å²) in [6.45, 7) is 0. The summed E-state index contributed by atoms with van der Waals surface area (Å²) in [4.78, 5) is 18.6. The van der Waals surface area contributed by atoms with Crippen LogP contribution in [-0.4, -0.2) is 0 Å². The van der Waals surface area contributed by atoms with Crippen molar-refractivity contribution in [3.8, 4) is 0 Å². The van der Waals surface area contributed by atoms with E-state index < -0.39 is 5.69 Å². The molecule has 0 amide bonds. The molecule has 0 aliphatic heterocycles. The Hall–Kier alpha value is 2.71. The fourth-order valence-electron chi connectivity index (χ4n) is 0. The van der Waals surface area contributed by atoms with Gasteiger partial charge in [0.15, 0.2) is 0 Å². The first-order chi connectivity index (χ1) is 2.00. The molecule has 0 radical (unpaired) electrons. The summed E-state index contributed by atoms with van der Waals surface area (Å²) in [5.41, 5.74) is -3.72. The first-order valence-corrected chi connectivity index (χ1v) is 4.38. The van der Waals surface area contributed by atoms with Gasteiger partial charge in [0, 0.05) is 0 Å². The van der Waals surface area contributed by atoms with Gasteiger partial charge in [0.2, 0.25) is 0 Å². The largest absolute Gasteiger partial charge is 1.00 e. The minimum absolute atomic E-state index is 0. The molecule has 8 heteroatoms. The monoisotopic (exact) mass is 148 g/mol. The average Bonchev–Trinajstić information content (AvgIpc) is 0.722. The molecule has 0 aliphatic rings. The SMILES string of the molecule is [Li+].[Li+].[Li+].[O-]P([O-])(=S)[S-]. The second kappa shape index (κ2) is 9.71. The van der Waals surface area contributed by atoms with E-state index in [1.165, 1.54) is 0 Å². The maximum absolute atomic E-state index is 9.29. The maximum Gasteiger partial charge on any atom is 1.00 e. The third kappa shape index (κ3) is 70.4. The summed E-state index contributed by atoms with van der Waals surface area (Å²) >= 11 is 7.28. The van der Waals surface area contributed by atoms with Gasteiger partial charge in [-0.15, -0.1) is 0 Å². The molecule has 0 rings (SSSR count). The van der Waals surface area contributed by atoms with Crippen LogP contribution in [0.2, 0.25) is 0 Å². The Morgan fingerprint density at radius 2 is 1.12 bits per heavy atom. The Bertz CT molecular complexity index is 61.4. The van der Waals surface area contributed by atoms with E-state index in [1.54, 1.807) is 0 Å². The quantitative estimate of drug-likeness (QED) is 0.194. The van der Waals surface area contributed by atoms with Gasteiger partial charge in [-0.25, -0.2) is 0 Å². The van der Waals surface area contributed by atoms with E-state index in [1.807, 2.05) is 0 Å². The van der Waals surface area contributed by atoms with Gasteiger partial charge >= 0.3 is 56.6 Å². The van der Waals surface area contributed by atoms with Crippen LogP contribution >= 0.6 is 5.69 Å². The average molecular weight is 148 g/mol. The molecule has 0 aromatic carbocycles.